The minimum atomic E-state index is -0.875. The zero-order chi connectivity index (χ0) is 21.8. The van der Waals surface area contributed by atoms with Gasteiger partial charge in [-0.25, -0.2) is 29.3 Å². The molecule has 11 nitrogen and oxygen atoms in total. The van der Waals surface area contributed by atoms with Gasteiger partial charge in [0.15, 0.2) is 11.6 Å². The van der Waals surface area contributed by atoms with E-state index in [-0.39, 0.29) is 56.6 Å². The lowest BCUT2D eigenvalue weighted by molar-refractivity contribution is -0.119. The Bertz CT molecular complexity index is 818. The first-order chi connectivity index (χ1) is 14.3. The second kappa shape index (κ2) is 9.09. The SMILES string of the molecule is CC(=O)NC[C@H]1CN(c2cc(F)c(N3CCON(C(=O)NN)CC3)c(F)c2)C(=O)O1. The maximum absolute atomic E-state index is 14.8. The molecule has 2 heterocycles. The van der Waals surface area contributed by atoms with Crippen LogP contribution in [0.4, 0.5) is 29.7 Å². The molecule has 1 aromatic carbocycles. The molecule has 0 spiro atoms. The van der Waals surface area contributed by atoms with Crippen LogP contribution in [0.5, 0.6) is 0 Å². The Kier molecular flexibility index (Phi) is 6.52. The van der Waals surface area contributed by atoms with E-state index in [1.165, 1.54) is 11.8 Å². The van der Waals surface area contributed by atoms with Gasteiger partial charge in [-0.15, -0.1) is 0 Å². The third-order valence-corrected chi connectivity index (χ3v) is 4.61. The number of ether oxygens (including phenoxy) is 1. The van der Waals surface area contributed by atoms with E-state index >= 15 is 0 Å². The number of anilines is 2. The number of hydroxylamine groups is 2. The van der Waals surface area contributed by atoms with Crippen molar-refractivity contribution >= 4 is 29.4 Å². The molecule has 0 saturated carbocycles. The molecule has 0 bridgehead atoms. The lowest BCUT2D eigenvalue weighted by Crippen LogP contribution is -2.44. The minimum absolute atomic E-state index is 0.000664. The number of carbonyl (C=O) groups excluding carboxylic acids is 3. The molecule has 0 unspecified atom stereocenters. The lowest BCUT2D eigenvalue weighted by Gasteiger charge is -2.24. The van der Waals surface area contributed by atoms with E-state index in [9.17, 15) is 23.2 Å². The molecular formula is C17H22F2N6O5. The highest BCUT2D eigenvalue weighted by molar-refractivity contribution is 5.90. The van der Waals surface area contributed by atoms with Gasteiger partial charge in [0.05, 0.1) is 31.9 Å². The molecule has 2 aliphatic rings. The molecule has 3 rings (SSSR count). The first-order valence-corrected chi connectivity index (χ1v) is 9.17. The van der Waals surface area contributed by atoms with E-state index < -0.39 is 29.9 Å². The van der Waals surface area contributed by atoms with E-state index in [0.29, 0.717) is 0 Å². The number of urea groups is 1. The fraction of sp³-hybridized carbons (Fsp3) is 0.471. The number of hydrazine groups is 1. The summed E-state index contributed by atoms with van der Waals surface area (Å²) in [5.74, 6) is 3.03. The number of nitrogens with zero attached hydrogens (tertiary/aromatic N) is 3. The molecule has 1 aromatic rings. The van der Waals surface area contributed by atoms with Crippen LogP contribution < -0.4 is 26.4 Å². The second-order valence-corrected chi connectivity index (χ2v) is 6.68. The number of amides is 4. The molecule has 4 amide bonds. The molecule has 0 radical (unpaired) electrons. The maximum Gasteiger partial charge on any atom is 0.414 e. The molecule has 0 aromatic heterocycles. The van der Waals surface area contributed by atoms with Crippen LogP contribution in [0.2, 0.25) is 0 Å². The number of rotatable bonds is 4. The summed E-state index contributed by atoms with van der Waals surface area (Å²) in [7, 11) is 0. The van der Waals surface area contributed by atoms with Crippen molar-refractivity contribution in [2.75, 3.05) is 49.1 Å². The number of nitrogens with two attached hydrogens (primary N) is 1. The van der Waals surface area contributed by atoms with Gasteiger partial charge in [0, 0.05) is 32.1 Å². The van der Waals surface area contributed by atoms with Crippen LogP contribution in [0.25, 0.3) is 0 Å². The number of hydrogen-bond acceptors (Lipinski definition) is 7. The normalized spacial score (nSPS) is 19.4. The summed E-state index contributed by atoms with van der Waals surface area (Å²) in [4.78, 5) is 42.3. The zero-order valence-electron chi connectivity index (χ0n) is 16.2. The molecule has 2 fully saturated rings. The molecule has 2 saturated heterocycles. The van der Waals surface area contributed by atoms with Gasteiger partial charge in [-0.2, -0.15) is 0 Å². The predicted molar refractivity (Wildman–Crippen MR) is 100 cm³/mol. The van der Waals surface area contributed by atoms with Crippen molar-refractivity contribution in [3.05, 3.63) is 23.8 Å². The van der Waals surface area contributed by atoms with Crippen LogP contribution in [0.3, 0.4) is 0 Å². The van der Waals surface area contributed by atoms with Gasteiger partial charge in [-0.05, 0) is 0 Å². The summed E-state index contributed by atoms with van der Waals surface area (Å²) in [6, 6.07) is 1.40. The van der Waals surface area contributed by atoms with Crippen molar-refractivity contribution in [3.8, 4) is 0 Å². The summed E-state index contributed by atoms with van der Waals surface area (Å²) in [5.41, 5.74) is 1.63. The molecule has 30 heavy (non-hydrogen) atoms. The Hall–Kier alpha value is -3.19. The number of cyclic esters (lactones) is 1. The van der Waals surface area contributed by atoms with Gasteiger partial charge in [0.25, 0.3) is 0 Å². The Labute approximate surface area is 170 Å². The third kappa shape index (κ3) is 4.68. The summed E-state index contributed by atoms with van der Waals surface area (Å²) >= 11 is 0. The van der Waals surface area contributed by atoms with Crippen LogP contribution >= 0.6 is 0 Å². The Morgan fingerprint density at radius 1 is 1.23 bits per heavy atom. The third-order valence-electron chi connectivity index (χ3n) is 4.61. The molecule has 164 valence electrons. The van der Waals surface area contributed by atoms with Gasteiger partial charge in [-0.1, -0.05) is 0 Å². The minimum Gasteiger partial charge on any atom is -0.442 e. The van der Waals surface area contributed by atoms with Gasteiger partial charge >= 0.3 is 12.1 Å². The smallest absolute Gasteiger partial charge is 0.414 e. The topological polar surface area (TPSA) is 129 Å². The molecule has 0 aliphatic carbocycles. The van der Waals surface area contributed by atoms with Crippen LogP contribution in [0.15, 0.2) is 12.1 Å². The van der Waals surface area contributed by atoms with E-state index in [1.807, 2.05) is 5.43 Å². The van der Waals surface area contributed by atoms with Crippen molar-refractivity contribution in [2.24, 2.45) is 5.84 Å². The zero-order valence-corrected chi connectivity index (χ0v) is 16.2. The molecule has 1 atom stereocenters. The average Bonchev–Trinajstić information content (AvgIpc) is 2.90. The van der Waals surface area contributed by atoms with Crippen molar-refractivity contribution in [3.63, 3.8) is 0 Å². The van der Waals surface area contributed by atoms with Gasteiger partial charge in [-0.3, -0.25) is 20.0 Å². The summed E-state index contributed by atoms with van der Waals surface area (Å²) in [6.07, 6.45) is -1.39. The largest absolute Gasteiger partial charge is 0.442 e. The van der Waals surface area contributed by atoms with Gasteiger partial charge in [0.2, 0.25) is 5.91 Å². The molecule has 2 aliphatic heterocycles. The fourth-order valence-electron chi connectivity index (χ4n) is 3.21. The molecule has 13 heteroatoms. The van der Waals surface area contributed by atoms with Gasteiger partial charge in [0.1, 0.15) is 11.8 Å². The number of benzene rings is 1. The maximum atomic E-state index is 14.8. The summed E-state index contributed by atoms with van der Waals surface area (Å²) < 4.78 is 34.7. The fourth-order valence-corrected chi connectivity index (χ4v) is 3.21. The quantitative estimate of drug-likeness (QED) is 0.351. The molecular weight excluding hydrogens is 406 g/mol. The summed E-state index contributed by atoms with van der Waals surface area (Å²) in [5, 5.41) is 3.50. The average molecular weight is 428 g/mol. The van der Waals surface area contributed by atoms with E-state index in [4.69, 9.17) is 15.4 Å². The Balaban J connectivity index is 1.73. The molecule has 4 N–H and O–H groups in total. The lowest BCUT2D eigenvalue weighted by atomic mass is 10.2. The highest BCUT2D eigenvalue weighted by Gasteiger charge is 2.34. The highest BCUT2D eigenvalue weighted by Crippen LogP contribution is 2.31. The monoisotopic (exact) mass is 428 g/mol. The number of hydrogen-bond donors (Lipinski definition) is 3. The van der Waals surface area contributed by atoms with Crippen LogP contribution in [-0.4, -0.2) is 68.5 Å². The number of carbonyl (C=O) groups is 3. The predicted octanol–water partition coefficient (Wildman–Crippen LogP) is 0.0630. The van der Waals surface area contributed by atoms with E-state index in [2.05, 4.69) is 5.32 Å². The van der Waals surface area contributed by atoms with Crippen molar-refractivity contribution in [1.29, 1.82) is 0 Å². The van der Waals surface area contributed by atoms with Crippen molar-refractivity contribution < 1.29 is 32.7 Å². The van der Waals surface area contributed by atoms with Crippen molar-refractivity contribution in [1.82, 2.24) is 15.8 Å². The van der Waals surface area contributed by atoms with Crippen LogP contribution in [0, 0.1) is 11.6 Å². The van der Waals surface area contributed by atoms with E-state index in [1.54, 1.807) is 0 Å². The van der Waals surface area contributed by atoms with E-state index in [0.717, 1.165) is 22.1 Å². The second-order valence-electron chi connectivity index (χ2n) is 6.68. The highest BCUT2D eigenvalue weighted by atomic mass is 19.1. The van der Waals surface area contributed by atoms with Gasteiger partial charge < -0.3 is 15.0 Å². The van der Waals surface area contributed by atoms with Crippen LogP contribution in [-0.2, 0) is 14.4 Å². The standard InChI is InChI=1S/C17H22F2N6O5/c1-10(26)21-8-12-9-24(17(28)30-12)11-6-13(18)15(14(19)7-11)23-2-3-25(16(27)22-20)29-5-4-23/h6-7,12H,2-5,8-9,20H2,1H3,(H,21,26)(H,22,27)/t12-/m0/s1. The Morgan fingerprint density at radius 3 is 2.57 bits per heavy atom. The Morgan fingerprint density at radius 2 is 1.93 bits per heavy atom. The first-order valence-electron chi connectivity index (χ1n) is 9.17. The number of nitrogens with one attached hydrogen (secondary N) is 2. The van der Waals surface area contributed by atoms with Crippen LogP contribution in [0.1, 0.15) is 6.92 Å². The van der Waals surface area contributed by atoms with Crippen molar-refractivity contribution in [2.45, 2.75) is 13.0 Å². The first kappa shape index (κ1) is 21.5. The number of halogens is 2. The summed E-state index contributed by atoms with van der Waals surface area (Å²) in [6.45, 7) is 1.74.